The lowest BCUT2D eigenvalue weighted by atomic mass is 10.2. The number of aromatic amines is 1. The van der Waals surface area contributed by atoms with Crippen molar-refractivity contribution in [1.29, 1.82) is 0 Å². The van der Waals surface area contributed by atoms with Gasteiger partial charge in [0, 0.05) is 37.5 Å². The summed E-state index contributed by atoms with van der Waals surface area (Å²) in [4.78, 5) is 28.9. The van der Waals surface area contributed by atoms with Crippen LogP contribution in [0, 0.1) is 6.92 Å². The summed E-state index contributed by atoms with van der Waals surface area (Å²) in [5.74, 6) is 0.691. The van der Waals surface area contributed by atoms with Gasteiger partial charge in [0.2, 0.25) is 0 Å². The van der Waals surface area contributed by atoms with Crippen LogP contribution in [0.15, 0.2) is 36.7 Å². The van der Waals surface area contributed by atoms with Crippen LogP contribution in [0.5, 0.6) is 0 Å². The molecule has 0 aliphatic heterocycles. The molecule has 4 aromatic heterocycles. The van der Waals surface area contributed by atoms with Gasteiger partial charge in [-0.15, -0.1) is 0 Å². The second-order valence-corrected chi connectivity index (χ2v) is 6.23. The lowest BCUT2D eigenvalue weighted by molar-refractivity contribution is 0.0955. The molecule has 4 rings (SSSR count). The highest BCUT2D eigenvalue weighted by Crippen LogP contribution is 2.14. The molecule has 0 aromatic carbocycles. The molecule has 0 radical (unpaired) electrons. The monoisotopic (exact) mass is 348 g/mol. The molecule has 0 fully saturated rings. The molecule has 2 N–H and O–H groups in total. The Hall–Kier alpha value is -3.22. The van der Waals surface area contributed by atoms with E-state index in [-0.39, 0.29) is 5.91 Å². The molecule has 0 atom stereocenters. The zero-order chi connectivity index (χ0) is 18.1. The lowest BCUT2D eigenvalue weighted by Gasteiger charge is -2.04. The third kappa shape index (κ3) is 2.92. The van der Waals surface area contributed by atoms with E-state index in [1.165, 1.54) is 0 Å². The summed E-state index contributed by atoms with van der Waals surface area (Å²) < 4.78 is 2.06. The van der Waals surface area contributed by atoms with Gasteiger partial charge in [-0.25, -0.2) is 15.0 Å². The molecule has 0 saturated carbocycles. The number of hydrogen-bond donors (Lipinski definition) is 2. The Morgan fingerprint density at radius 1 is 1.27 bits per heavy atom. The van der Waals surface area contributed by atoms with Gasteiger partial charge >= 0.3 is 0 Å². The molecule has 0 unspecified atom stereocenters. The minimum atomic E-state index is -0.136. The van der Waals surface area contributed by atoms with Crippen LogP contribution in [0.25, 0.3) is 16.8 Å². The zero-order valence-corrected chi connectivity index (χ0v) is 14.8. The number of hydrogen-bond acceptors (Lipinski definition) is 4. The fourth-order valence-electron chi connectivity index (χ4n) is 3.03. The fraction of sp³-hybridized carbons (Fsp3) is 0.263. The summed E-state index contributed by atoms with van der Waals surface area (Å²) in [6.45, 7) is 4.57. The Bertz CT molecular complexity index is 1090. The predicted molar refractivity (Wildman–Crippen MR) is 99.2 cm³/mol. The number of pyridine rings is 2. The second kappa shape index (κ2) is 6.59. The number of H-pyrrole nitrogens is 1. The highest BCUT2D eigenvalue weighted by Gasteiger charge is 2.14. The maximum atomic E-state index is 12.6. The first-order chi connectivity index (χ1) is 12.7. The molecule has 132 valence electrons. The van der Waals surface area contributed by atoms with Gasteiger partial charge in [0.15, 0.2) is 5.65 Å². The molecule has 7 nitrogen and oxygen atoms in total. The van der Waals surface area contributed by atoms with E-state index < -0.39 is 0 Å². The molecular weight excluding hydrogens is 328 g/mol. The Morgan fingerprint density at radius 3 is 2.96 bits per heavy atom. The summed E-state index contributed by atoms with van der Waals surface area (Å²) >= 11 is 0. The van der Waals surface area contributed by atoms with Crippen molar-refractivity contribution >= 4 is 22.7 Å². The lowest BCUT2D eigenvalue weighted by Crippen LogP contribution is -2.26. The predicted octanol–water partition coefficient (Wildman–Crippen LogP) is 2.45. The number of carbonyl (C=O) groups is 1. The van der Waals surface area contributed by atoms with E-state index in [0.29, 0.717) is 29.7 Å². The molecule has 0 aliphatic carbocycles. The molecule has 0 saturated heterocycles. The number of aryl methyl sites for hydroxylation is 2. The zero-order valence-electron chi connectivity index (χ0n) is 14.8. The molecule has 4 heterocycles. The Balaban J connectivity index is 1.47. The third-order valence-corrected chi connectivity index (χ3v) is 4.43. The van der Waals surface area contributed by atoms with Gasteiger partial charge in [-0.05, 0) is 25.1 Å². The molecule has 0 bridgehead atoms. The summed E-state index contributed by atoms with van der Waals surface area (Å²) in [7, 11) is 0. The van der Waals surface area contributed by atoms with Gasteiger partial charge in [-0.3, -0.25) is 4.79 Å². The average molecular weight is 348 g/mol. The van der Waals surface area contributed by atoms with Crippen molar-refractivity contribution in [2.45, 2.75) is 26.7 Å². The van der Waals surface area contributed by atoms with E-state index in [0.717, 1.165) is 29.3 Å². The minimum Gasteiger partial charge on any atom is -0.352 e. The third-order valence-electron chi connectivity index (χ3n) is 4.43. The number of amides is 1. The highest BCUT2D eigenvalue weighted by molar-refractivity contribution is 6.03. The normalized spacial score (nSPS) is 11.3. The minimum absolute atomic E-state index is 0.136. The van der Waals surface area contributed by atoms with Crippen molar-refractivity contribution in [2.75, 3.05) is 6.54 Å². The molecule has 0 spiro atoms. The number of fused-ring (bicyclic) bond motifs is 2. The smallest absolute Gasteiger partial charge is 0.253 e. The summed E-state index contributed by atoms with van der Waals surface area (Å²) in [6.07, 6.45) is 5.07. The van der Waals surface area contributed by atoms with Crippen molar-refractivity contribution in [2.24, 2.45) is 0 Å². The van der Waals surface area contributed by atoms with E-state index >= 15 is 0 Å². The Labute approximate surface area is 150 Å². The van der Waals surface area contributed by atoms with Crippen molar-refractivity contribution in [3.8, 4) is 0 Å². The Kier molecular flexibility index (Phi) is 4.12. The van der Waals surface area contributed by atoms with Gasteiger partial charge in [-0.2, -0.15) is 0 Å². The Morgan fingerprint density at radius 2 is 2.15 bits per heavy atom. The first-order valence-electron chi connectivity index (χ1n) is 8.71. The highest BCUT2D eigenvalue weighted by atomic mass is 16.1. The van der Waals surface area contributed by atoms with E-state index in [9.17, 15) is 4.79 Å². The van der Waals surface area contributed by atoms with Crippen LogP contribution in [0.1, 0.15) is 34.5 Å². The van der Waals surface area contributed by atoms with Crippen LogP contribution in [0.4, 0.5) is 0 Å². The van der Waals surface area contributed by atoms with Crippen molar-refractivity contribution in [3.05, 3.63) is 59.4 Å². The number of aromatic nitrogens is 5. The van der Waals surface area contributed by atoms with E-state index in [1.54, 1.807) is 12.3 Å². The number of nitrogens with zero attached hydrogens (tertiary/aromatic N) is 4. The number of imidazole rings is 2. The van der Waals surface area contributed by atoms with Gasteiger partial charge < -0.3 is 14.7 Å². The van der Waals surface area contributed by atoms with Gasteiger partial charge in [0.25, 0.3) is 5.91 Å². The van der Waals surface area contributed by atoms with Crippen LogP contribution < -0.4 is 5.32 Å². The largest absolute Gasteiger partial charge is 0.352 e. The van der Waals surface area contributed by atoms with Gasteiger partial charge in [-0.1, -0.05) is 13.0 Å². The first-order valence-corrected chi connectivity index (χ1v) is 8.71. The van der Waals surface area contributed by atoms with E-state index in [1.807, 2.05) is 38.2 Å². The molecular formula is C19H20N6O. The van der Waals surface area contributed by atoms with Gasteiger partial charge in [0.1, 0.15) is 11.5 Å². The van der Waals surface area contributed by atoms with Crippen LogP contribution in [-0.2, 0) is 12.8 Å². The molecule has 4 aromatic rings. The molecule has 7 heteroatoms. The maximum absolute atomic E-state index is 12.6. The van der Waals surface area contributed by atoms with Crippen molar-refractivity contribution < 1.29 is 4.79 Å². The summed E-state index contributed by atoms with van der Waals surface area (Å²) in [5, 5.41) is 2.96. The molecule has 0 aliphatic rings. The number of rotatable bonds is 5. The number of carbonyl (C=O) groups excluding carboxylic acids is 1. The molecule has 26 heavy (non-hydrogen) atoms. The standard InChI is InChI=1S/C19H20N6O/c1-3-15-23-17-14(8-10-20-18(17)24-15)19(26)21-9-7-13-11-25-12(2)5-4-6-16(25)22-13/h4-6,8,10-11H,3,7,9H2,1-2H3,(H,21,26)(H,20,23,24). The van der Waals surface area contributed by atoms with Crippen LogP contribution >= 0.6 is 0 Å². The van der Waals surface area contributed by atoms with E-state index in [4.69, 9.17) is 0 Å². The van der Waals surface area contributed by atoms with Crippen LogP contribution in [-0.4, -0.2) is 36.8 Å². The SMILES string of the molecule is CCc1nc2nccc(C(=O)NCCc3cn4c(C)cccc4n3)c2[nH]1. The first kappa shape index (κ1) is 16.3. The fourth-order valence-corrected chi connectivity index (χ4v) is 3.03. The van der Waals surface area contributed by atoms with Crippen molar-refractivity contribution in [3.63, 3.8) is 0 Å². The van der Waals surface area contributed by atoms with Crippen LogP contribution in [0.2, 0.25) is 0 Å². The number of nitrogens with one attached hydrogen (secondary N) is 2. The topological polar surface area (TPSA) is 88.0 Å². The summed E-state index contributed by atoms with van der Waals surface area (Å²) in [6, 6.07) is 7.73. The average Bonchev–Trinajstić information content (AvgIpc) is 3.25. The quantitative estimate of drug-likeness (QED) is 0.580. The summed E-state index contributed by atoms with van der Waals surface area (Å²) in [5.41, 5.74) is 4.83. The van der Waals surface area contributed by atoms with Crippen molar-refractivity contribution in [1.82, 2.24) is 29.7 Å². The van der Waals surface area contributed by atoms with Crippen LogP contribution in [0.3, 0.4) is 0 Å². The maximum Gasteiger partial charge on any atom is 0.253 e. The molecule has 1 amide bonds. The van der Waals surface area contributed by atoms with Gasteiger partial charge in [0.05, 0.1) is 16.8 Å². The van der Waals surface area contributed by atoms with E-state index in [2.05, 4.69) is 29.7 Å². The second-order valence-electron chi connectivity index (χ2n) is 6.23.